The van der Waals surface area contributed by atoms with E-state index in [2.05, 4.69) is 15.6 Å². The lowest BCUT2D eigenvalue weighted by molar-refractivity contribution is 0.0992. The molecule has 144 valence electrons. The molecule has 3 rings (SSSR count). The molecule has 0 aliphatic carbocycles. The molecule has 5 nitrogen and oxygen atoms in total. The van der Waals surface area contributed by atoms with Gasteiger partial charge < -0.3 is 20.3 Å². The van der Waals surface area contributed by atoms with E-state index in [0.29, 0.717) is 30.5 Å². The minimum absolute atomic E-state index is 0.180. The number of anilines is 1. The summed E-state index contributed by atoms with van der Waals surface area (Å²) in [6, 6.07) is 5.75. The van der Waals surface area contributed by atoms with Gasteiger partial charge in [0, 0.05) is 19.6 Å². The largest absolute Gasteiger partial charge is 0.373 e. The molecule has 3 unspecified atom stereocenters. The van der Waals surface area contributed by atoms with Gasteiger partial charge >= 0.3 is 0 Å². The van der Waals surface area contributed by atoms with Crippen LogP contribution in [0.25, 0.3) is 0 Å². The number of halogens is 1. The van der Waals surface area contributed by atoms with Gasteiger partial charge in [-0.15, -0.1) is 0 Å². The fourth-order valence-corrected chi connectivity index (χ4v) is 3.93. The summed E-state index contributed by atoms with van der Waals surface area (Å²) in [7, 11) is 0. The summed E-state index contributed by atoms with van der Waals surface area (Å²) >= 11 is 0. The van der Waals surface area contributed by atoms with Crippen molar-refractivity contribution in [2.45, 2.75) is 64.8 Å². The number of benzene rings is 1. The van der Waals surface area contributed by atoms with E-state index in [4.69, 9.17) is 4.74 Å². The number of rotatable bonds is 7. The van der Waals surface area contributed by atoms with Crippen LogP contribution < -0.4 is 15.5 Å². The van der Waals surface area contributed by atoms with Gasteiger partial charge in [-0.1, -0.05) is 6.07 Å². The third kappa shape index (κ3) is 4.29. The second kappa shape index (κ2) is 8.71. The third-order valence-corrected chi connectivity index (χ3v) is 5.31. The molecule has 2 bridgehead atoms. The molecule has 2 aliphatic rings. The molecule has 0 saturated carbocycles. The summed E-state index contributed by atoms with van der Waals surface area (Å²) in [5.74, 6) is 0.600. The topological polar surface area (TPSA) is 48.9 Å². The van der Waals surface area contributed by atoms with Crippen molar-refractivity contribution in [1.29, 1.82) is 0 Å². The maximum Gasteiger partial charge on any atom is 0.191 e. The predicted molar refractivity (Wildman–Crippen MR) is 104 cm³/mol. The van der Waals surface area contributed by atoms with E-state index in [1.54, 1.807) is 6.07 Å². The number of nitrogens with zero attached hydrogens (tertiary/aromatic N) is 2. The summed E-state index contributed by atoms with van der Waals surface area (Å²) in [6.45, 7) is 8.96. The number of hydrogen-bond acceptors (Lipinski definition) is 3. The first-order valence-electron chi connectivity index (χ1n) is 9.88. The van der Waals surface area contributed by atoms with E-state index >= 15 is 0 Å². The Balaban J connectivity index is 1.64. The van der Waals surface area contributed by atoms with Crippen molar-refractivity contribution in [1.82, 2.24) is 10.6 Å². The molecule has 6 heteroatoms. The van der Waals surface area contributed by atoms with Crippen molar-refractivity contribution in [2.24, 2.45) is 4.99 Å². The van der Waals surface area contributed by atoms with E-state index in [1.165, 1.54) is 6.42 Å². The third-order valence-electron chi connectivity index (χ3n) is 5.31. The molecule has 2 fully saturated rings. The Morgan fingerprint density at radius 3 is 2.65 bits per heavy atom. The van der Waals surface area contributed by atoms with Crippen LogP contribution in [0.4, 0.5) is 10.1 Å². The zero-order valence-corrected chi connectivity index (χ0v) is 16.1. The van der Waals surface area contributed by atoms with Gasteiger partial charge in [-0.05, 0) is 57.7 Å². The molecule has 2 aliphatic heterocycles. The number of aliphatic imine (C=N–C) groups is 1. The number of ether oxygens (including phenoxy) is 1. The van der Waals surface area contributed by atoms with Gasteiger partial charge in [0.1, 0.15) is 5.82 Å². The zero-order valence-electron chi connectivity index (χ0n) is 16.1. The van der Waals surface area contributed by atoms with Crippen molar-refractivity contribution < 1.29 is 9.13 Å². The van der Waals surface area contributed by atoms with Crippen LogP contribution in [0.5, 0.6) is 0 Å². The van der Waals surface area contributed by atoms with E-state index in [-0.39, 0.29) is 5.82 Å². The maximum absolute atomic E-state index is 14.4. The molecule has 0 spiro atoms. The number of nitrogens with one attached hydrogen (secondary N) is 2. The van der Waals surface area contributed by atoms with Crippen LogP contribution in [-0.2, 0) is 11.3 Å². The summed E-state index contributed by atoms with van der Waals surface area (Å²) in [5.41, 5.74) is 1.53. The second-order valence-corrected chi connectivity index (χ2v) is 7.01. The number of guanidine groups is 1. The van der Waals surface area contributed by atoms with Gasteiger partial charge in [-0.2, -0.15) is 0 Å². The number of hydrogen-bond donors (Lipinski definition) is 2. The molecule has 1 aromatic rings. The van der Waals surface area contributed by atoms with Gasteiger partial charge in [0.2, 0.25) is 0 Å². The highest BCUT2D eigenvalue weighted by molar-refractivity contribution is 5.80. The van der Waals surface area contributed by atoms with Crippen LogP contribution in [0.2, 0.25) is 0 Å². The van der Waals surface area contributed by atoms with Crippen LogP contribution in [0.1, 0.15) is 45.6 Å². The lowest BCUT2D eigenvalue weighted by Crippen LogP contribution is -2.47. The Morgan fingerprint density at radius 1 is 1.27 bits per heavy atom. The molecule has 0 amide bonds. The van der Waals surface area contributed by atoms with Crippen LogP contribution >= 0.6 is 0 Å². The molecule has 2 saturated heterocycles. The van der Waals surface area contributed by atoms with Gasteiger partial charge in [-0.25, -0.2) is 9.38 Å². The van der Waals surface area contributed by atoms with Gasteiger partial charge in [0.05, 0.1) is 30.5 Å². The first-order valence-corrected chi connectivity index (χ1v) is 9.88. The van der Waals surface area contributed by atoms with Crippen LogP contribution in [-0.4, -0.2) is 43.8 Å². The molecule has 2 N–H and O–H groups in total. The monoisotopic (exact) mass is 362 g/mol. The Morgan fingerprint density at radius 2 is 2.08 bits per heavy atom. The molecule has 26 heavy (non-hydrogen) atoms. The second-order valence-electron chi connectivity index (χ2n) is 7.01. The van der Waals surface area contributed by atoms with Crippen molar-refractivity contribution in [3.63, 3.8) is 0 Å². The van der Waals surface area contributed by atoms with Crippen LogP contribution in [0.3, 0.4) is 0 Å². The SMILES string of the molecule is CCNC(=NCc1ccc(N(CC)CC)c(F)c1)NC1CC2CCC1O2. The molecule has 0 radical (unpaired) electrons. The molecule has 0 aromatic heterocycles. The number of fused-ring (bicyclic) bond motifs is 2. The van der Waals surface area contributed by atoms with Gasteiger partial charge in [-0.3, -0.25) is 0 Å². The van der Waals surface area contributed by atoms with Crippen molar-refractivity contribution in [3.8, 4) is 0 Å². The quantitative estimate of drug-likeness (QED) is 0.578. The predicted octanol–water partition coefficient (Wildman–Crippen LogP) is 3.05. The molecular formula is C20H31FN4O. The highest BCUT2D eigenvalue weighted by Crippen LogP contribution is 2.34. The highest BCUT2D eigenvalue weighted by Gasteiger charge is 2.41. The Kier molecular flexibility index (Phi) is 6.35. The molecule has 1 aromatic carbocycles. The van der Waals surface area contributed by atoms with Crippen molar-refractivity contribution in [2.75, 3.05) is 24.5 Å². The zero-order chi connectivity index (χ0) is 18.5. The van der Waals surface area contributed by atoms with Crippen molar-refractivity contribution in [3.05, 3.63) is 29.6 Å². The average Bonchev–Trinajstić information content (AvgIpc) is 3.25. The highest BCUT2D eigenvalue weighted by atomic mass is 19.1. The summed E-state index contributed by atoms with van der Waals surface area (Å²) in [4.78, 5) is 6.66. The fourth-order valence-electron chi connectivity index (χ4n) is 3.93. The van der Waals surface area contributed by atoms with Gasteiger partial charge in [0.15, 0.2) is 5.96 Å². The van der Waals surface area contributed by atoms with Gasteiger partial charge in [0.25, 0.3) is 0 Å². The standard InChI is InChI=1S/C20H31FN4O/c1-4-22-20(24-17-12-15-8-10-19(17)26-15)23-13-14-7-9-18(16(21)11-14)25(5-2)6-3/h7,9,11,15,17,19H,4-6,8,10,12-13H2,1-3H3,(H2,22,23,24). The minimum atomic E-state index is -0.180. The lowest BCUT2D eigenvalue weighted by atomic mass is 9.96. The van der Waals surface area contributed by atoms with Crippen LogP contribution in [0, 0.1) is 5.82 Å². The minimum Gasteiger partial charge on any atom is -0.373 e. The van der Waals surface area contributed by atoms with E-state index < -0.39 is 0 Å². The fraction of sp³-hybridized carbons (Fsp3) is 0.650. The molecule has 2 heterocycles. The Hall–Kier alpha value is -1.82. The maximum atomic E-state index is 14.4. The normalized spacial score (nSPS) is 24.8. The summed E-state index contributed by atoms with van der Waals surface area (Å²) in [5, 5.41) is 6.78. The smallest absolute Gasteiger partial charge is 0.191 e. The van der Waals surface area contributed by atoms with E-state index in [1.807, 2.05) is 37.8 Å². The first-order chi connectivity index (χ1) is 12.6. The molecular weight excluding hydrogens is 331 g/mol. The lowest BCUT2D eigenvalue weighted by Gasteiger charge is -2.23. The molecule has 3 atom stereocenters. The Labute approximate surface area is 156 Å². The Bertz CT molecular complexity index is 632. The summed E-state index contributed by atoms with van der Waals surface area (Å²) < 4.78 is 20.3. The average molecular weight is 362 g/mol. The first kappa shape index (κ1) is 19.0. The van der Waals surface area contributed by atoms with Crippen molar-refractivity contribution >= 4 is 11.6 Å². The van der Waals surface area contributed by atoms with E-state index in [9.17, 15) is 4.39 Å². The van der Waals surface area contributed by atoms with E-state index in [0.717, 1.165) is 44.0 Å². The summed E-state index contributed by atoms with van der Waals surface area (Å²) in [6.07, 6.45) is 4.05. The van der Waals surface area contributed by atoms with Crippen LogP contribution in [0.15, 0.2) is 23.2 Å².